The summed E-state index contributed by atoms with van der Waals surface area (Å²) in [4.78, 5) is 38.1. The number of nitrogens with one attached hydrogen (secondary N) is 1. The van der Waals surface area contributed by atoms with Crippen LogP contribution in [0.15, 0.2) is 48.5 Å². The van der Waals surface area contributed by atoms with Crippen molar-refractivity contribution < 1.29 is 23.9 Å². The Balaban J connectivity index is 1.59. The lowest BCUT2D eigenvalue weighted by Gasteiger charge is -2.18. The molecule has 0 radical (unpaired) electrons. The molecule has 0 spiro atoms. The van der Waals surface area contributed by atoms with E-state index in [-0.39, 0.29) is 18.9 Å². The molecule has 1 aliphatic rings. The van der Waals surface area contributed by atoms with E-state index in [1.165, 1.54) is 29.2 Å². The van der Waals surface area contributed by atoms with Gasteiger partial charge in [-0.2, -0.15) is 0 Å². The third-order valence-electron chi connectivity index (χ3n) is 5.10. The summed E-state index contributed by atoms with van der Waals surface area (Å²) >= 11 is 0. The lowest BCUT2D eigenvalue weighted by Crippen LogP contribution is -2.40. The van der Waals surface area contributed by atoms with E-state index in [1.54, 1.807) is 0 Å². The van der Waals surface area contributed by atoms with Gasteiger partial charge in [-0.1, -0.05) is 29.8 Å². The van der Waals surface area contributed by atoms with Crippen molar-refractivity contribution in [3.8, 4) is 0 Å². The number of hydrogen-bond donors (Lipinski definition) is 2. The Labute approximate surface area is 168 Å². The number of nitrogens with zero attached hydrogens (tertiary/aromatic N) is 1. The van der Waals surface area contributed by atoms with Crippen molar-refractivity contribution >= 4 is 23.5 Å². The number of carboxylic acid groups (broad SMARTS) is 1. The number of hydrogen-bond acceptors (Lipinski definition) is 3. The SMILES string of the molecule is Cc1cccc(CC(CNC(=O)C2CCN(c3ccc(F)cc3)C2=O)C(=O)O)c1. The third kappa shape index (κ3) is 4.99. The largest absolute Gasteiger partial charge is 0.481 e. The van der Waals surface area contributed by atoms with E-state index in [4.69, 9.17) is 0 Å². The van der Waals surface area contributed by atoms with Crippen molar-refractivity contribution in [2.75, 3.05) is 18.0 Å². The first-order valence-corrected chi connectivity index (χ1v) is 9.48. The molecule has 2 N–H and O–H groups in total. The fourth-order valence-electron chi connectivity index (χ4n) is 3.52. The first-order chi connectivity index (χ1) is 13.8. The number of carbonyl (C=O) groups excluding carboxylic acids is 2. The summed E-state index contributed by atoms with van der Waals surface area (Å²) < 4.78 is 13.1. The molecule has 1 fully saturated rings. The van der Waals surface area contributed by atoms with Crippen LogP contribution in [-0.4, -0.2) is 36.0 Å². The number of carboxylic acids is 1. The van der Waals surface area contributed by atoms with E-state index >= 15 is 0 Å². The van der Waals surface area contributed by atoms with Crippen molar-refractivity contribution in [3.05, 3.63) is 65.5 Å². The van der Waals surface area contributed by atoms with Gasteiger partial charge in [0.15, 0.2) is 0 Å². The second kappa shape index (κ2) is 8.86. The zero-order valence-corrected chi connectivity index (χ0v) is 16.1. The van der Waals surface area contributed by atoms with Gasteiger partial charge < -0.3 is 15.3 Å². The van der Waals surface area contributed by atoms with Gasteiger partial charge in [0.05, 0.1) is 5.92 Å². The Morgan fingerprint density at radius 3 is 2.62 bits per heavy atom. The fourth-order valence-corrected chi connectivity index (χ4v) is 3.52. The molecule has 7 heteroatoms. The minimum Gasteiger partial charge on any atom is -0.481 e. The van der Waals surface area contributed by atoms with Crippen LogP contribution < -0.4 is 10.2 Å². The maximum Gasteiger partial charge on any atom is 0.308 e. The average Bonchev–Trinajstić information content (AvgIpc) is 3.07. The van der Waals surface area contributed by atoms with E-state index < -0.39 is 29.5 Å². The first-order valence-electron chi connectivity index (χ1n) is 9.48. The minimum absolute atomic E-state index is 0.0531. The van der Waals surface area contributed by atoms with Crippen LogP contribution in [0.3, 0.4) is 0 Å². The van der Waals surface area contributed by atoms with Crippen LogP contribution in [0.4, 0.5) is 10.1 Å². The van der Waals surface area contributed by atoms with Crippen LogP contribution >= 0.6 is 0 Å². The van der Waals surface area contributed by atoms with Gasteiger partial charge in [0, 0.05) is 18.8 Å². The van der Waals surface area contributed by atoms with Crippen molar-refractivity contribution in [1.82, 2.24) is 5.32 Å². The van der Waals surface area contributed by atoms with Gasteiger partial charge in [-0.3, -0.25) is 14.4 Å². The van der Waals surface area contributed by atoms with E-state index in [2.05, 4.69) is 5.32 Å². The molecular weight excluding hydrogens is 375 g/mol. The van der Waals surface area contributed by atoms with Crippen LogP contribution in [0.5, 0.6) is 0 Å². The molecular formula is C22H23FN2O4. The molecule has 2 atom stereocenters. The fraction of sp³-hybridized carbons (Fsp3) is 0.318. The summed E-state index contributed by atoms with van der Waals surface area (Å²) in [5, 5.41) is 12.1. The van der Waals surface area contributed by atoms with Crippen LogP contribution in [0.2, 0.25) is 0 Å². The van der Waals surface area contributed by atoms with Gasteiger partial charge in [-0.15, -0.1) is 0 Å². The number of amides is 2. The Morgan fingerprint density at radius 2 is 1.97 bits per heavy atom. The molecule has 2 unspecified atom stereocenters. The van der Waals surface area contributed by atoms with Crippen LogP contribution in [0.25, 0.3) is 0 Å². The van der Waals surface area contributed by atoms with Gasteiger partial charge in [0.2, 0.25) is 11.8 Å². The van der Waals surface area contributed by atoms with Crippen LogP contribution in [0, 0.1) is 24.6 Å². The van der Waals surface area contributed by atoms with E-state index in [0.717, 1.165) is 11.1 Å². The third-order valence-corrected chi connectivity index (χ3v) is 5.10. The molecule has 0 bridgehead atoms. The predicted molar refractivity (Wildman–Crippen MR) is 106 cm³/mol. The van der Waals surface area contributed by atoms with Crippen molar-refractivity contribution in [2.24, 2.45) is 11.8 Å². The second-order valence-corrected chi connectivity index (χ2v) is 7.28. The standard InChI is InChI=1S/C22H23FN2O4/c1-14-3-2-4-15(11-14)12-16(22(28)29)13-24-20(26)19-9-10-25(21(19)27)18-7-5-17(23)6-8-18/h2-8,11,16,19H,9-10,12-13H2,1H3,(H,24,26)(H,28,29). The average molecular weight is 398 g/mol. The van der Waals surface area contributed by atoms with Crippen LogP contribution in [0.1, 0.15) is 17.5 Å². The normalized spacial score (nSPS) is 17.2. The summed E-state index contributed by atoms with van der Waals surface area (Å²) in [5.41, 5.74) is 2.45. The molecule has 3 rings (SSSR count). The predicted octanol–water partition coefficient (Wildman–Crippen LogP) is 2.55. The lowest BCUT2D eigenvalue weighted by atomic mass is 9.97. The number of carbonyl (C=O) groups is 3. The van der Waals surface area contributed by atoms with E-state index in [1.807, 2.05) is 31.2 Å². The molecule has 1 aliphatic heterocycles. The maximum absolute atomic E-state index is 13.1. The summed E-state index contributed by atoms with van der Waals surface area (Å²) in [6.45, 7) is 2.23. The Hall–Kier alpha value is -3.22. The quantitative estimate of drug-likeness (QED) is 0.702. The highest BCUT2D eigenvalue weighted by atomic mass is 19.1. The summed E-state index contributed by atoms with van der Waals surface area (Å²) in [6.07, 6.45) is 0.620. The molecule has 2 aromatic carbocycles. The number of aliphatic carboxylic acids is 1. The van der Waals surface area contributed by atoms with Gasteiger partial charge in [0.1, 0.15) is 11.7 Å². The number of benzene rings is 2. The zero-order chi connectivity index (χ0) is 21.0. The van der Waals surface area contributed by atoms with E-state index in [0.29, 0.717) is 18.7 Å². The monoisotopic (exact) mass is 398 g/mol. The zero-order valence-electron chi connectivity index (χ0n) is 16.1. The number of aryl methyl sites for hydroxylation is 1. The first kappa shape index (κ1) is 20.5. The lowest BCUT2D eigenvalue weighted by molar-refractivity contribution is -0.141. The highest BCUT2D eigenvalue weighted by molar-refractivity contribution is 6.09. The van der Waals surface area contributed by atoms with Crippen LogP contribution in [-0.2, 0) is 20.8 Å². The van der Waals surface area contributed by atoms with E-state index in [9.17, 15) is 23.9 Å². The molecule has 1 saturated heterocycles. The van der Waals surface area contributed by atoms with Gasteiger partial charge >= 0.3 is 5.97 Å². The molecule has 29 heavy (non-hydrogen) atoms. The second-order valence-electron chi connectivity index (χ2n) is 7.28. The topological polar surface area (TPSA) is 86.7 Å². The summed E-state index contributed by atoms with van der Waals surface area (Å²) in [7, 11) is 0. The van der Waals surface area contributed by atoms with Gasteiger partial charge in [-0.25, -0.2) is 4.39 Å². The molecule has 0 aromatic heterocycles. The molecule has 2 aromatic rings. The van der Waals surface area contributed by atoms with Crippen molar-refractivity contribution in [2.45, 2.75) is 19.8 Å². The highest BCUT2D eigenvalue weighted by Gasteiger charge is 2.37. The molecule has 0 aliphatic carbocycles. The Bertz CT molecular complexity index is 913. The van der Waals surface area contributed by atoms with Crippen molar-refractivity contribution in [1.29, 1.82) is 0 Å². The summed E-state index contributed by atoms with van der Waals surface area (Å²) in [6, 6.07) is 13.1. The van der Waals surface area contributed by atoms with Gasteiger partial charge in [-0.05, 0) is 49.6 Å². The van der Waals surface area contributed by atoms with Crippen molar-refractivity contribution in [3.63, 3.8) is 0 Å². The molecule has 152 valence electrons. The Kier molecular flexibility index (Phi) is 6.26. The molecule has 1 heterocycles. The molecule has 2 amide bonds. The smallest absolute Gasteiger partial charge is 0.308 e. The van der Waals surface area contributed by atoms with Gasteiger partial charge in [0.25, 0.3) is 0 Å². The number of rotatable bonds is 7. The number of anilines is 1. The Morgan fingerprint density at radius 1 is 1.24 bits per heavy atom. The number of halogens is 1. The maximum atomic E-state index is 13.1. The minimum atomic E-state index is -1.00. The molecule has 0 saturated carbocycles. The highest BCUT2D eigenvalue weighted by Crippen LogP contribution is 2.25. The molecule has 6 nitrogen and oxygen atoms in total. The summed E-state index contributed by atoms with van der Waals surface area (Å²) in [5.74, 6) is -3.89.